The van der Waals surface area contributed by atoms with Gasteiger partial charge < -0.3 is 15.5 Å². The van der Waals surface area contributed by atoms with Crippen LogP contribution in [0.1, 0.15) is 12.8 Å². The van der Waals surface area contributed by atoms with E-state index < -0.39 is 0 Å². The summed E-state index contributed by atoms with van der Waals surface area (Å²) in [5.74, 6) is 1.41. The number of halogens is 2. The molecule has 1 aliphatic rings. The fraction of sp³-hybridized carbons (Fsp3) is 0.227. The van der Waals surface area contributed by atoms with Crippen LogP contribution in [0.5, 0.6) is 0 Å². The second-order valence-electron chi connectivity index (χ2n) is 7.14. The maximum Gasteiger partial charge on any atom is 0.160 e. The molecule has 2 N–H and O–H groups in total. The minimum atomic E-state index is 0.347. The number of aromatic nitrogens is 3. The van der Waals surface area contributed by atoms with Crippen LogP contribution in [-0.2, 0) is 0 Å². The van der Waals surface area contributed by atoms with Gasteiger partial charge in [-0.1, -0.05) is 36.4 Å². The van der Waals surface area contributed by atoms with E-state index in [0.717, 1.165) is 48.7 Å². The van der Waals surface area contributed by atoms with E-state index in [4.69, 9.17) is 28.2 Å². The number of fused-ring (bicyclic) bond motifs is 1. The summed E-state index contributed by atoms with van der Waals surface area (Å²) in [5.41, 5.74) is 3.20. The summed E-state index contributed by atoms with van der Waals surface area (Å²) in [6.45, 7) is 9.73. The molecule has 8 heteroatoms. The molecule has 1 aromatic carbocycles. The van der Waals surface area contributed by atoms with E-state index in [-0.39, 0.29) is 0 Å². The Kier molecular flexibility index (Phi) is 6.06. The summed E-state index contributed by atoms with van der Waals surface area (Å²) < 4.78 is 0. The van der Waals surface area contributed by atoms with E-state index >= 15 is 0 Å². The molecule has 0 bridgehead atoms. The number of benzene rings is 1. The highest BCUT2D eigenvalue weighted by molar-refractivity contribution is 6.42. The monoisotopic (exact) mass is 440 g/mol. The Hall–Kier alpha value is -2.83. The summed E-state index contributed by atoms with van der Waals surface area (Å²) in [6, 6.07) is 9.58. The van der Waals surface area contributed by atoms with Gasteiger partial charge >= 0.3 is 0 Å². The van der Waals surface area contributed by atoms with E-state index in [9.17, 15) is 0 Å². The van der Waals surface area contributed by atoms with Crippen molar-refractivity contribution >= 4 is 51.6 Å². The third-order valence-corrected chi connectivity index (χ3v) is 5.89. The molecule has 0 radical (unpaired) electrons. The lowest BCUT2D eigenvalue weighted by Crippen LogP contribution is -2.38. The minimum absolute atomic E-state index is 0.347. The first kappa shape index (κ1) is 20.4. The molecule has 0 spiro atoms. The lowest BCUT2D eigenvalue weighted by Gasteiger charge is -2.34. The van der Waals surface area contributed by atoms with Crippen LogP contribution in [-0.4, -0.2) is 39.0 Å². The number of piperidine rings is 1. The molecule has 2 aromatic heterocycles. The summed E-state index contributed by atoms with van der Waals surface area (Å²) in [4.78, 5) is 15.7. The molecule has 4 rings (SSSR count). The zero-order valence-electron chi connectivity index (χ0n) is 16.4. The zero-order chi connectivity index (χ0) is 21.1. The standard InChI is InChI=1S/C22H22Cl2N6/c1-3-14(2)30-10-8-15(9-11-30)27-20-7-6-19-21(29-20)22(26-13-25-19)28-16-4-5-17(23)18(24)12-16/h3-7,12-13,15H,1-2,8-11H2,(H,27,29)(H,25,26,28). The number of hydrogen-bond donors (Lipinski definition) is 2. The number of allylic oxidation sites excluding steroid dienone is 1. The van der Waals surface area contributed by atoms with Crippen molar-refractivity contribution in [2.75, 3.05) is 23.7 Å². The molecule has 0 unspecified atom stereocenters. The highest BCUT2D eigenvalue weighted by Gasteiger charge is 2.19. The number of hydrogen-bond acceptors (Lipinski definition) is 6. The summed E-state index contributed by atoms with van der Waals surface area (Å²) >= 11 is 12.1. The summed E-state index contributed by atoms with van der Waals surface area (Å²) in [6.07, 6.45) is 5.33. The van der Waals surface area contributed by atoms with Crippen LogP contribution >= 0.6 is 23.2 Å². The Bertz CT molecular complexity index is 1090. The second kappa shape index (κ2) is 8.90. The van der Waals surface area contributed by atoms with E-state index in [1.807, 2.05) is 18.2 Å². The van der Waals surface area contributed by atoms with E-state index in [2.05, 4.69) is 38.7 Å². The van der Waals surface area contributed by atoms with Gasteiger partial charge in [-0.15, -0.1) is 0 Å². The third-order valence-electron chi connectivity index (χ3n) is 5.15. The quantitative estimate of drug-likeness (QED) is 0.482. The van der Waals surface area contributed by atoms with Crippen LogP contribution in [0.15, 0.2) is 61.6 Å². The molecule has 0 atom stereocenters. The normalized spacial score (nSPS) is 14.5. The van der Waals surface area contributed by atoms with Crippen LogP contribution in [0.4, 0.5) is 17.3 Å². The predicted octanol–water partition coefficient (Wildman–Crippen LogP) is 5.65. The van der Waals surface area contributed by atoms with E-state index in [1.54, 1.807) is 18.2 Å². The number of anilines is 3. The topological polar surface area (TPSA) is 66.0 Å². The number of nitrogens with one attached hydrogen (secondary N) is 2. The van der Waals surface area contributed by atoms with Gasteiger partial charge in [0.1, 0.15) is 17.7 Å². The van der Waals surface area contributed by atoms with Crippen molar-refractivity contribution in [3.63, 3.8) is 0 Å². The van der Waals surface area contributed by atoms with Gasteiger partial charge in [-0.2, -0.15) is 0 Å². The Balaban J connectivity index is 1.52. The lowest BCUT2D eigenvalue weighted by atomic mass is 10.0. The van der Waals surface area contributed by atoms with Crippen molar-refractivity contribution in [3.05, 3.63) is 71.6 Å². The second-order valence-corrected chi connectivity index (χ2v) is 7.96. The molecule has 0 aliphatic carbocycles. The number of rotatable bonds is 6. The average molecular weight is 441 g/mol. The van der Waals surface area contributed by atoms with Crippen LogP contribution < -0.4 is 10.6 Å². The van der Waals surface area contributed by atoms with Crippen molar-refractivity contribution in [3.8, 4) is 0 Å². The highest BCUT2D eigenvalue weighted by atomic mass is 35.5. The maximum atomic E-state index is 6.13. The van der Waals surface area contributed by atoms with Gasteiger partial charge in [0.2, 0.25) is 0 Å². The van der Waals surface area contributed by atoms with Crippen LogP contribution in [0.2, 0.25) is 10.0 Å². The van der Waals surface area contributed by atoms with Gasteiger partial charge in [0.15, 0.2) is 5.82 Å². The highest BCUT2D eigenvalue weighted by Crippen LogP contribution is 2.29. The van der Waals surface area contributed by atoms with Crippen molar-refractivity contribution < 1.29 is 0 Å². The van der Waals surface area contributed by atoms with E-state index in [0.29, 0.717) is 27.4 Å². The minimum Gasteiger partial charge on any atom is -0.372 e. The van der Waals surface area contributed by atoms with Crippen LogP contribution in [0, 0.1) is 0 Å². The van der Waals surface area contributed by atoms with Gasteiger partial charge in [-0.25, -0.2) is 15.0 Å². The SMILES string of the molecule is C=CC(=C)N1CCC(Nc2ccc3ncnc(Nc4ccc(Cl)c(Cl)c4)c3n2)CC1. The molecule has 1 fully saturated rings. The van der Waals surface area contributed by atoms with Crippen molar-refractivity contribution in [1.29, 1.82) is 0 Å². The molecular weight excluding hydrogens is 419 g/mol. The van der Waals surface area contributed by atoms with Gasteiger partial charge in [0, 0.05) is 30.5 Å². The van der Waals surface area contributed by atoms with Crippen molar-refractivity contribution in [2.24, 2.45) is 0 Å². The Morgan fingerprint density at radius 1 is 1.10 bits per heavy atom. The number of likely N-dealkylation sites (tertiary alicyclic amines) is 1. The lowest BCUT2D eigenvalue weighted by molar-refractivity contribution is 0.280. The molecule has 30 heavy (non-hydrogen) atoms. The maximum absolute atomic E-state index is 6.13. The molecule has 3 heterocycles. The molecule has 1 saturated heterocycles. The van der Waals surface area contributed by atoms with Crippen LogP contribution in [0.3, 0.4) is 0 Å². The van der Waals surface area contributed by atoms with Gasteiger partial charge in [-0.05, 0) is 49.2 Å². The number of nitrogens with zero attached hydrogens (tertiary/aromatic N) is 4. The molecule has 0 amide bonds. The average Bonchev–Trinajstić information content (AvgIpc) is 2.77. The summed E-state index contributed by atoms with van der Waals surface area (Å²) in [5, 5.41) is 7.78. The smallest absolute Gasteiger partial charge is 0.160 e. The fourth-order valence-corrected chi connectivity index (χ4v) is 3.77. The zero-order valence-corrected chi connectivity index (χ0v) is 17.9. The van der Waals surface area contributed by atoms with Crippen LogP contribution in [0.25, 0.3) is 11.0 Å². The molecule has 1 aliphatic heterocycles. The third kappa shape index (κ3) is 4.50. The largest absolute Gasteiger partial charge is 0.372 e. The van der Waals surface area contributed by atoms with Gasteiger partial charge in [-0.3, -0.25) is 0 Å². The van der Waals surface area contributed by atoms with Gasteiger partial charge in [0.05, 0.1) is 15.6 Å². The Morgan fingerprint density at radius 2 is 1.90 bits per heavy atom. The predicted molar refractivity (Wildman–Crippen MR) is 125 cm³/mol. The van der Waals surface area contributed by atoms with E-state index in [1.165, 1.54) is 6.33 Å². The molecular formula is C22H22Cl2N6. The molecule has 6 nitrogen and oxygen atoms in total. The number of pyridine rings is 1. The van der Waals surface area contributed by atoms with Crippen molar-refractivity contribution in [1.82, 2.24) is 19.9 Å². The van der Waals surface area contributed by atoms with Gasteiger partial charge in [0.25, 0.3) is 0 Å². The summed E-state index contributed by atoms with van der Waals surface area (Å²) in [7, 11) is 0. The first-order valence-corrected chi connectivity index (χ1v) is 10.5. The Labute approximate surface area is 185 Å². The fourth-order valence-electron chi connectivity index (χ4n) is 3.47. The molecule has 0 saturated carbocycles. The molecule has 154 valence electrons. The molecule has 3 aromatic rings. The van der Waals surface area contributed by atoms with Crippen molar-refractivity contribution in [2.45, 2.75) is 18.9 Å². The Morgan fingerprint density at radius 3 is 2.63 bits per heavy atom. The first-order valence-electron chi connectivity index (χ1n) is 9.70. The first-order chi connectivity index (χ1) is 14.5.